The Morgan fingerprint density at radius 2 is 1.68 bits per heavy atom. The lowest BCUT2D eigenvalue weighted by Crippen LogP contribution is -2.54. The number of benzene rings is 1. The molecule has 0 saturated heterocycles. The lowest BCUT2D eigenvalue weighted by Gasteiger charge is -2.57. The highest BCUT2D eigenvalue weighted by Crippen LogP contribution is 2.56. The lowest BCUT2D eigenvalue weighted by molar-refractivity contribution is -0.116. The van der Waals surface area contributed by atoms with Gasteiger partial charge in [-0.3, -0.25) is 4.79 Å². The Kier molecular flexibility index (Phi) is 5.06. The summed E-state index contributed by atoms with van der Waals surface area (Å²) in [5.41, 5.74) is 1.96. The van der Waals surface area contributed by atoms with Crippen LogP contribution in [0, 0.1) is 17.8 Å². The predicted octanol–water partition coefficient (Wildman–Crippen LogP) is 5.32. The van der Waals surface area contributed by atoms with Crippen LogP contribution in [0.15, 0.2) is 28.8 Å². The minimum atomic E-state index is -0.161. The van der Waals surface area contributed by atoms with E-state index in [1.165, 1.54) is 38.5 Å². The molecule has 1 aromatic carbocycles. The van der Waals surface area contributed by atoms with E-state index in [2.05, 4.69) is 26.8 Å². The number of hydrogen-bond acceptors (Lipinski definition) is 5. The van der Waals surface area contributed by atoms with E-state index in [9.17, 15) is 4.79 Å². The highest BCUT2D eigenvalue weighted by Gasteiger charge is 2.51. The summed E-state index contributed by atoms with van der Waals surface area (Å²) in [6, 6.07) is 8.12. The molecule has 6 heteroatoms. The van der Waals surface area contributed by atoms with E-state index in [4.69, 9.17) is 4.52 Å². The van der Waals surface area contributed by atoms with Crippen molar-refractivity contribution in [2.45, 2.75) is 83.1 Å². The summed E-state index contributed by atoms with van der Waals surface area (Å²) in [6.07, 6.45) is 8.85. The van der Waals surface area contributed by atoms with Crippen molar-refractivity contribution in [3.8, 4) is 0 Å². The van der Waals surface area contributed by atoms with Gasteiger partial charge in [0, 0.05) is 23.8 Å². The number of nitrogens with one attached hydrogen (secondary N) is 2. The number of aryl methyl sites for hydroxylation is 1. The Bertz CT molecular complexity index is 923. The maximum atomic E-state index is 12.7. The minimum absolute atomic E-state index is 0.0322. The van der Waals surface area contributed by atoms with Gasteiger partial charge in [0.15, 0.2) is 5.82 Å². The zero-order valence-electron chi connectivity index (χ0n) is 18.9. The standard InChI is InChI=1S/C25H34N4O2/c1-24(2,3)23-27-22(31-29-23)9-8-21(30)26-19-6-4-5-7-20(19)28-25-13-16-10-17(14-25)12-18(11-16)15-25/h4-7,16-18,28H,8-15H2,1-3H3,(H,26,30). The number of amides is 1. The number of carbonyl (C=O) groups excluding carboxylic acids is 1. The molecule has 1 aromatic heterocycles. The Morgan fingerprint density at radius 1 is 1.06 bits per heavy atom. The van der Waals surface area contributed by atoms with E-state index in [1.54, 1.807) is 0 Å². The van der Waals surface area contributed by atoms with Crippen LogP contribution in [0.25, 0.3) is 0 Å². The van der Waals surface area contributed by atoms with Crippen LogP contribution in [0.5, 0.6) is 0 Å². The van der Waals surface area contributed by atoms with E-state index in [0.29, 0.717) is 24.6 Å². The number of carbonyl (C=O) groups is 1. The van der Waals surface area contributed by atoms with Crippen LogP contribution in [0.3, 0.4) is 0 Å². The van der Waals surface area contributed by atoms with Gasteiger partial charge >= 0.3 is 0 Å². The normalized spacial score (nSPS) is 29.2. The minimum Gasteiger partial charge on any atom is -0.378 e. The molecule has 0 unspecified atom stereocenters. The zero-order valence-corrected chi connectivity index (χ0v) is 18.9. The molecule has 4 saturated carbocycles. The molecule has 4 aliphatic rings. The molecule has 2 N–H and O–H groups in total. The molecular weight excluding hydrogens is 388 g/mol. The summed E-state index contributed by atoms with van der Waals surface area (Å²) in [5, 5.41) is 11.0. The molecule has 4 fully saturated rings. The van der Waals surface area contributed by atoms with Crippen molar-refractivity contribution in [3.05, 3.63) is 36.0 Å². The second-order valence-corrected chi connectivity index (χ2v) is 11.2. The molecule has 0 aliphatic heterocycles. The smallest absolute Gasteiger partial charge is 0.227 e. The molecular formula is C25H34N4O2. The van der Waals surface area contributed by atoms with E-state index >= 15 is 0 Å². The summed E-state index contributed by atoms with van der Waals surface area (Å²) in [7, 11) is 0. The first kappa shape index (κ1) is 20.5. The average Bonchev–Trinajstić information content (AvgIpc) is 3.16. The molecule has 4 bridgehead atoms. The van der Waals surface area contributed by atoms with E-state index in [1.807, 2.05) is 39.0 Å². The summed E-state index contributed by atoms with van der Waals surface area (Å²) in [5.74, 6) is 3.80. The number of aromatic nitrogens is 2. The lowest BCUT2D eigenvalue weighted by atomic mass is 9.53. The van der Waals surface area contributed by atoms with Crippen LogP contribution in [0.2, 0.25) is 0 Å². The van der Waals surface area contributed by atoms with Gasteiger partial charge < -0.3 is 15.2 Å². The molecule has 2 aromatic rings. The van der Waals surface area contributed by atoms with Gasteiger partial charge in [-0.05, 0) is 68.4 Å². The van der Waals surface area contributed by atoms with Gasteiger partial charge in [-0.1, -0.05) is 38.1 Å². The van der Waals surface area contributed by atoms with Crippen molar-refractivity contribution in [3.63, 3.8) is 0 Å². The van der Waals surface area contributed by atoms with E-state index in [-0.39, 0.29) is 16.9 Å². The second kappa shape index (κ2) is 7.64. The molecule has 1 heterocycles. The number of nitrogens with zero attached hydrogens (tertiary/aromatic N) is 2. The van der Waals surface area contributed by atoms with Crippen molar-refractivity contribution in [2.24, 2.45) is 17.8 Å². The topological polar surface area (TPSA) is 80.0 Å². The van der Waals surface area contributed by atoms with Crippen LogP contribution in [0.4, 0.5) is 11.4 Å². The molecule has 0 radical (unpaired) electrons. The number of para-hydroxylation sites is 2. The Hall–Kier alpha value is -2.37. The first-order valence-corrected chi connectivity index (χ1v) is 11.8. The van der Waals surface area contributed by atoms with Crippen molar-refractivity contribution < 1.29 is 9.32 Å². The fourth-order valence-corrected chi connectivity index (χ4v) is 6.34. The molecule has 4 aliphatic carbocycles. The van der Waals surface area contributed by atoms with Gasteiger partial charge in [0.1, 0.15) is 0 Å². The first-order valence-electron chi connectivity index (χ1n) is 11.8. The Labute approximate surface area is 184 Å². The van der Waals surface area contributed by atoms with Gasteiger partial charge in [-0.25, -0.2) is 0 Å². The number of anilines is 2. The average molecular weight is 423 g/mol. The number of rotatable bonds is 6. The van der Waals surface area contributed by atoms with Gasteiger partial charge in [-0.2, -0.15) is 4.98 Å². The fourth-order valence-electron chi connectivity index (χ4n) is 6.34. The SMILES string of the molecule is CC(C)(C)c1noc(CCC(=O)Nc2ccccc2NC23CC4CC(CC(C4)C2)C3)n1. The Balaban J connectivity index is 1.23. The third-order valence-electron chi connectivity index (χ3n) is 7.34. The highest BCUT2D eigenvalue weighted by molar-refractivity contribution is 5.94. The molecule has 0 spiro atoms. The van der Waals surface area contributed by atoms with Gasteiger partial charge in [0.2, 0.25) is 11.8 Å². The quantitative estimate of drug-likeness (QED) is 0.659. The molecule has 31 heavy (non-hydrogen) atoms. The summed E-state index contributed by atoms with van der Waals surface area (Å²) in [6.45, 7) is 6.13. The maximum absolute atomic E-state index is 12.7. The maximum Gasteiger partial charge on any atom is 0.227 e. The van der Waals surface area contributed by atoms with Crippen LogP contribution >= 0.6 is 0 Å². The predicted molar refractivity (Wildman–Crippen MR) is 121 cm³/mol. The van der Waals surface area contributed by atoms with Crippen molar-refractivity contribution >= 4 is 17.3 Å². The summed E-state index contributed by atoms with van der Waals surface area (Å²) >= 11 is 0. The Morgan fingerprint density at radius 3 is 2.26 bits per heavy atom. The van der Waals surface area contributed by atoms with E-state index in [0.717, 1.165) is 29.1 Å². The van der Waals surface area contributed by atoms with Gasteiger partial charge in [-0.15, -0.1) is 0 Å². The zero-order chi connectivity index (χ0) is 21.6. The highest BCUT2D eigenvalue weighted by atomic mass is 16.5. The third-order valence-corrected chi connectivity index (χ3v) is 7.34. The van der Waals surface area contributed by atoms with Gasteiger partial charge in [0.25, 0.3) is 0 Å². The van der Waals surface area contributed by atoms with Gasteiger partial charge in [0.05, 0.1) is 11.4 Å². The largest absolute Gasteiger partial charge is 0.378 e. The first-order chi connectivity index (χ1) is 14.8. The fraction of sp³-hybridized carbons (Fsp3) is 0.640. The van der Waals surface area contributed by atoms with Crippen LogP contribution in [0.1, 0.15) is 77.4 Å². The number of hydrogen-bond donors (Lipinski definition) is 2. The van der Waals surface area contributed by atoms with Crippen LogP contribution < -0.4 is 10.6 Å². The second-order valence-electron chi connectivity index (χ2n) is 11.2. The molecule has 6 rings (SSSR count). The summed E-state index contributed by atoms with van der Waals surface area (Å²) < 4.78 is 5.32. The third kappa shape index (κ3) is 4.35. The van der Waals surface area contributed by atoms with Crippen molar-refractivity contribution in [2.75, 3.05) is 10.6 Å². The van der Waals surface area contributed by atoms with Crippen molar-refractivity contribution in [1.82, 2.24) is 10.1 Å². The summed E-state index contributed by atoms with van der Waals surface area (Å²) in [4.78, 5) is 17.1. The van der Waals surface area contributed by atoms with Crippen molar-refractivity contribution in [1.29, 1.82) is 0 Å². The monoisotopic (exact) mass is 422 g/mol. The van der Waals surface area contributed by atoms with Crippen LogP contribution in [-0.4, -0.2) is 21.6 Å². The molecule has 0 atom stereocenters. The van der Waals surface area contributed by atoms with Crippen LogP contribution in [-0.2, 0) is 16.6 Å². The van der Waals surface area contributed by atoms with E-state index < -0.39 is 0 Å². The molecule has 1 amide bonds. The molecule has 6 nitrogen and oxygen atoms in total. The molecule has 166 valence electrons.